The van der Waals surface area contributed by atoms with Crippen LogP contribution in [0.15, 0.2) is 35.1 Å². The summed E-state index contributed by atoms with van der Waals surface area (Å²) in [4.78, 5) is 30.5. The van der Waals surface area contributed by atoms with Crippen molar-refractivity contribution in [2.24, 2.45) is 58.2 Å². The number of nitrogens with two attached hydrogens (primary N) is 1. The normalized spacial score (nSPS) is 51.5. The van der Waals surface area contributed by atoms with Crippen LogP contribution in [0.2, 0.25) is 0 Å². The largest absolute Gasteiger partial charge is 0.511 e. The molecule has 9 N–H and O–H groups in total. The molecule has 12 aliphatic rings. The first-order valence-corrected chi connectivity index (χ1v) is 24.8. The van der Waals surface area contributed by atoms with E-state index < -0.39 is 66.1 Å². The zero-order valence-electron chi connectivity index (χ0n) is 33.3. The van der Waals surface area contributed by atoms with E-state index >= 15 is 4.79 Å². The van der Waals surface area contributed by atoms with Crippen LogP contribution in [0, 0.1) is 58.2 Å². The molecule has 12 rings (SSSR count). The lowest BCUT2D eigenvalue weighted by atomic mass is 9.51. The van der Waals surface area contributed by atoms with E-state index in [4.69, 9.17) is 9.47 Å². The fraction of sp³-hybridized carbons (Fsp3) is 0.818. The fourth-order valence-corrected chi connectivity index (χ4v) is 17.5. The highest BCUT2D eigenvalue weighted by Gasteiger charge is 2.67. The van der Waals surface area contributed by atoms with Crippen LogP contribution in [0.4, 0.5) is 0 Å². The molecule has 0 radical (unpaired) electrons. The Kier molecular flexibility index (Phi) is 10.9. The number of allylic oxidation sites excluding steroid dienone is 5. The molecular weight excluding hydrogens is 781 g/mol. The van der Waals surface area contributed by atoms with Gasteiger partial charge in [0.25, 0.3) is 0 Å². The van der Waals surface area contributed by atoms with Gasteiger partial charge in [-0.1, -0.05) is 65.0 Å². The number of aliphatic hydroxyl groups is 6. The molecule has 6 aliphatic heterocycles. The summed E-state index contributed by atoms with van der Waals surface area (Å²) in [7, 11) is 3.25. The molecular formula is C44H63N2O10S2+. The van der Waals surface area contributed by atoms with E-state index in [0.29, 0.717) is 31.6 Å². The Morgan fingerprint density at radius 1 is 0.931 bits per heavy atom. The number of aliphatic hydroxyl groups excluding tert-OH is 5. The summed E-state index contributed by atoms with van der Waals surface area (Å²) in [6.45, 7) is 0.464. The third-order valence-corrected chi connectivity index (χ3v) is 19.8. The van der Waals surface area contributed by atoms with Gasteiger partial charge in [-0.2, -0.15) is 0 Å². The standard InChI is InChI=1S/C44H62N2O10S2/c47-18-23-5-1-4-22(12-23)13-24-14-29-36(50)27-7-2-8-30-35(27)38(52)43(29,32(49)15-24)21-57-58-33-17-25-16-26-6-3-10-42(26,28-9-11-45-40(46-33)34(25)28)20-44(54)37(51)31(19-48)56-41(55-30)39(44)53/h14-16,22-23,26-31,33-35,37,39-41,45-49,51,53-54H,1-13,17-21H2/p+1. The van der Waals surface area contributed by atoms with Gasteiger partial charge in [0.15, 0.2) is 12.1 Å². The van der Waals surface area contributed by atoms with Crippen molar-refractivity contribution < 1.29 is 55.0 Å². The molecule has 14 heteroatoms. The molecule has 0 aromatic heterocycles. The first kappa shape index (κ1) is 40.8. The van der Waals surface area contributed by atoms with Crippen LogP contribution >= 0.6 is 21.6 Å². The van der Waals surface area contributed by atoms with Crippen molar-refractivity contribution in [3.05, 3.63) is 35.1 Å². The van der Waals surface area contributed by atoms with Gasteiger partial charge in [0.05, 0.1) is 42.4 Å². The number of ketones is 2. The molecule has 6 heterocycles. The first-order chi connectivity index (χ1) is 28.0. The lowest BCUT2D eigenvalue weighted by molar-refractivity contribution is -0.714. The monoisotopic (exact) mass is 843 g/mol. The lowest BCUT2D eigenvalue weighted by Gasteiger charge is -2.59. The van der Waals surface area contributed by atoms with Gasteiger partial charge in [-0.15, -0.1) is 0 Å². The highest BCUT2D eigenvalue weighted by Crippen LogP contribution is 2.64. The third kappa shape index (κ3) is 6.26. The average molecular weight is 844 g/mol. The summed E-state index contributed by atoms with van der Waals surface area (Å²) >= 11 is 0. The zero-order chi connectivity index (χ0) is 40.1. The van der Waals surface area contributed by atoms with Crippen LogP contribution in [-0.4, -0.2) is 116 Å². The highest BCUT2D eigenvalue weighted by molar-refractivity contribution is 8.76. The van der Waals surface area contributed by atoms with Gasteiger partial charge in [-0.25, -0.2) is 0 Å². The molecule has 0 aromatic carbocycles. The second-order valence-corrected chi connectivity index (χ2v) is 22.5. The molecule has 12 nitrogen and oxygen atoms in total. The summed E-state index contributed by atoms with van der Waals surface area (Å²) in [6.07, 6.45) is 10.3. The zero-order valence-corrected chi connectivity index (χ0v) is 35.0. The molecule has 0 amide bonds. The van der Waals surface area contributed by atoms with Crippen LogP contribution in [0.25, 0.3) is 0 Å². The number of quaternary nitrogens is 1. The first-order valence-electron chi connectivity index (χ1n) is 22.4. The van der Waals surface area contributed by atoms with Crippen molar-refractivity contribution in [3.63, 3.8) is 0 Å². The van der Waals surface area contributed by atoms with Crippen LogP contribution in [-0.2, 0) is 19.1 Å². The number of hydrogen-bond donors (Lipinski definition) is 8. The van der Waals surface area contributed by atoms with Gasteiger partial charge >= 0.3 is 0 Å². The predicted octanol–water partition coefficient (Wildman–Crippen LogP) is 2.64. The van der Waals surface area contributed by atoms with E-state index in [1.807, 2.05) is 6.08 Å². The fourth-order valence-electron chi connectivity index (χ4n) is 14.5. The van der Waals surface area contributed by atoms with Gasteiger partial charge in [0, 0.05) is 24.7 Å². The van der Waals surface area contributed by atoms with E-state index in [-0.39, 0.29) is 76.7 Å². The predicted molar refractivity (Wildman–Crippen MR) is 217 cm³/mol. The minimum absolute atomic E-state index is 0.0454. The summed E-state index contributed by atoms with van der Waals surface area (Å²) in [5.41, 5.74) is -1.67. The number of nitrogens with one attached hydrogen (secondary N) is 1. The molecule has 320 valence electrons. The minimum atomic E-state index is -2.07. The number of carbonyl (C=O) groups is 2. The molecule has 0 aromatic rings. The van der Waals surface area contributed by atoms with E-state index in [1.165, 1.54) is 5.57 Å². The number of Topliss-reactive ketones (excluding diaryl/α,β-unsaturated/α-hetero) is 2. The molecule has 2 spiro atoms. The quantitative estimate of drug-likeness (QED) is 0.152. The number of ether oxygens (including phenoxy) is 2. The third-order valence-electron chi connectivity index (χ3n) is 17.1. The summed E-state index contributed by atoms with van der Waals surface area (Å²) in [6, 6.07) is 0. The van der Waals surface area contributed by atoms with Crippen molar-refractivity contribution in [2.45, 2.75) is 138 Å². The molecule has 9 fully saturated rings. The topological polar surface area (TPSA) is 203 Å². The number of hydrogen-bond acceptors (Lipinski definition) is 13. The van der Waals surface area contributed by atoms with Crippen molar-refractivity contribution in [1.82, 2.24) is 5.32 Å². The molecule has 18 unspecified atom stereocenters. The molecule has 10 bridgehead atoms. The van der Waals surface area contributed by atoms with E-state index in [2.05, 4.69) is 16.7 Å². The summed E-state index contributed by atoms with van der Waals surface area (Å²) in [5, 5.41) is 76.1. The van der Waals surface area contributed by atoms with Crippen LogP contribution in [0.1, 0.15) is 89.9 Å². The van der Waals surface area contributed by atoms with Crippen molar-refractivity contribution >= 4 is 33.2 Å². The van der Waals surface area contributed by atoms with Crippen LogP contribution in [0.5, 0.6) is 0 Å². The van der Waals surface area contributed by atoms with Crippen LogP contribution in [0.3, 0.4) is 0 Å². The van der Waals surface area contributed by atoms with Gasteiger partial charge in [0.1, 0.15) is 47.0 Å². The van der Waals surface area contributed by atoms with Gasteiger partial charge in [-0.05, 0) is 98.5 Å². The average Bonchev–Trinajstić information content (AvgIpc) is 3.63. The Labute approximate surface area is 348 Å². The Bertz CT molecular complexity index is 1740. The second-order valence-electron chi connectivity index (χ2n) is 20.0. The van der Waals surface area contributed by atoms with E-state index in [9.17, 15) is 35.4 Å². The van der Waals surface area contributed by atoms with E-state index in [0.717, 1.165) is 69.9 Å². The van der Waals surface area contributed by atoms with Crippen LogP contribution < -0.4 is 10.6 Å². The Hall–Kier alpha value is -1.30. The van der Waals surface area contributed by atoms with E-state index in [1.54, 1.807) is 27.7 Å². The van der Waals surface area contributed by atoms with Gasteiger partial charge < -0.3 is 45.4 Å². The summed E-state index contributed by atoms with van der Waals surface area (Å²) in [5.74, 6) is -1.40. The number of carbonyl (C=O) groups excluding carboxylic acids is 2. The van der Waals surface area contributed by atoms with Crippen molar-refractivity contribution in [1.29, 1.82) is 0 Å². The van der Waals surface area contributed by atoms with Crippen molar-refractivity contribution in [3.8, 4) is 0 Å². The summed E-state index contributed by atoms with van der Waals surface area (Å²) < 4.78 is 12.8. The second kappa shape index (κ2) is 15.5. The highest BCUT2D eigenvalue weighted by atomic mass is 33.1. The molecule has 18 atom stereocenters. The molecule has 6 aliphatic carbocycles. The molecule has 58 heavy (non-hydrogen) atoms. The Morgan fingerprint density at radius 3 is 2.59 bits per heavy atom. The molecule has 4 saturated carbocycles. The maximum absolute atomic E-state index is 15.5. The van der Waals surface area contributed by atoms with Gasteiger partial charge in [-0.3, -0.25) is 14.9 Å². The smallest absolute Gasteiger partial charge is 0.187 e. The maximum atomic E-state index is 15.5. The number of rotatable bonds is 4. The van der Waals surface area contributed by atoms with Gasteiger partial charge in [0.2, 0.25) is 0 Å². The Balaban J connectivity index is 1.05. The lowest BCUT2D eigenvalue weighted by Crippen LogP contribution is -2.98. The SMILES string of the molecule is O=C1C2CCCC3OC4OC(CO)C(O)C(O)(CC56CCCC5C=C5CC(NC7[NH2+]CCC6C57)SSCC5(C(=O)C32)C(O)=CC(CC2CCCC(CO)C2)=CC15)C4O. The Morgan fingerprint density at radius 2 is 1.76 bits per heavy atom. The minimum Gasteiger partial charge on any atom is -0.511 e. The maximum Gasteiger partial charge on any atom is 0.187 e. The van der Waals surface area contributed by atoms with Crippen molar-refractivity contribution in [2.75, 3.05) is 25.5 Å². The molecule has 5 saturated heterocycles. The number of piperidine rings is 2.